The van der Waals surface area contributed by atoms with Crippen molar-refractivity contribution in [2.24, 2.45) is 0 Å². The molecule has 0 aromatic heterocycles. The molecule has 0 spiro atoms. The van der Waals surface area contributed by atoms with Crippen LogP contribution in [0.4, 0.5) is 4.79 Å². The summed E-state index contributed by atoms with van der Waals surface area (Å²) in [5.74, 6) is -0.115. The molecular weight excluding hydrogens is 369 g/mol. The summed E-state index contributed by atoms with van der Waals surface area (Å²) in [6.45, 7) is 0.306. The predicted octanol–water partition coefficient (Wildman–Crippen LogP) is 3.54. The highest BCUT2D eigenvalue weighted by Crippen LogP contribution is 2.42. The maximum Gasteiger partial charge on any atom is 0.412 e. The third-order valence-corrected chi connectivity index (χ3v) is 5.21. The lowest BCUT2D eigenvalue weighted by Crippen LogP contribution is -2.54. The van der Waals surface area contributed by atoms with Crippen LogP contribution in [0.3, 0.4) is 0 Å². The number of amides is 1. The zero-order valence-corrected chi connectivity index (χ0v) is 15.8. The monoisotopic (exact) mass is 389 g/mol. The third-order valence-electron chi connectivity index (χ3n) is 4.29. The van der Waals surface area contributed by atoms with E-state index in [-0.39, 0.29) is 5.78 Å². The minimum Gasteiger partial charge on any atom is -0.422 e. The fourth-order valence-electron chi connectivity index (χ4n) is 3.06. The normalized spacial score (nSPS) is 23.0. The molecule has 0 heterocycles. The average molecular weight is 390 g/mol. The number of Topliss-reactive ketones (excluding diaryl/α,β-unsaturated/α-hetero) is 1. The second-order valence-electron chi connectivity index (χ2n) is 5.99. The second kappa shape index (κ2) is 7.87. The lowest BCUT2D eigenvalue weighted by molar-refractivity contribution is -0.133. The van der Waals surface area contributed by atoms with Gasteiger partial charge in [-0.05, 0) is 25.3 Å². The highest BCUT2D eigenvalue weighted by Gasteiger charge is 2.48. The summed E-state index contributed by atoms with van der Waals surface area (Å²) < 4.78 is 20.6. The number of benzene rings is 1. The van der Waals surface area contributed by atoms with Crippen LogP contribution in [0.1, 0.15) is 31.2 Å². The van der Waals surface area contributed by atoms with Crippen LogP contribution in [0.2, 0.25) is 5.02 Å². The molecule has 1 fully saturated rings. The van der Waals surface area contributed by atoms with Crippen molar-refractivity contribution < 1.29 is 28.3 Å². The van der Waals surface area contributed by atoms with Gasteiger partial charge in [0, 0.05) is 30.7 Å². The smallest absolute Gasteiger partial charge is 0.412 e. The molecule has 9 heteroatoms. The zero-order chi connectivity index (χ0) is 18.7. The minimum absolute atomic E-state index is 0.115. The molecule has 1 aliphatic rings. The van der Waals surface area contributed by atoms with E-state index in [0.717, 1.165) is 19.5 Å². The lowest BCUT2D eigenvalue weighted by atomic mass is 9.74. The number of nitrogens with zero attached hydrogens (tertiary/aromatic N) is 1. The molecule has 2 atom stereocenters. The van der Waals surface area contributed by atoms with Gasteiger partial charge in [0.15, 0.2) is 5.78 Å². The highest BCUT2D eigenvalue weighted by molar-refractivity contribution is 7.51. The fraction of sp³-hybridized carbons (Fsp3) is 0.500. The summed E-state index contributed by atoms with van der Waals surface area (Å²) in [4.78, 5) is 35.5. The Hall–Kier alpha value is -1.40. The third kappa shape index (κ3) is 4.42. The van der Waals surface area contributed by atoms with E-state index in [2.05, 4.69) is 4.52 Å². The topological polar surface area (TPSA) is 93.1 Å². The van der Waals surface area contributed by atoms with Crippen LogP contribution in [-0.2, 0) is 24.2 Å². The van der Waals surface area contributed by atoms with Crippen molar-refractivity contribution in [3.8, 4) is 0 Å². The van der Waals surface area contributed by atoms with E-state index in [1.165, 1.54) is 11.9 Å². The van der Waals surface area contributed by atoms with Crippen LogP contribution < -0.4 is 0 Å². The molecule has 1 saturated carbocycles. The van der Waals surface area contributed by atoms with Crippen molar-refractivity contribution in [1.29, 1.82) is 0 Å². The first-order valence-electron chi connectivity index (χ1n) is 7.82. The van der Waals surface area contributed by atoms with Gasteiger partial charge in [0.05, 0.1) is 0 Å². The molecule has 1 aliphatic carbocycles. The number of rotatable bonds is 5. The van der Waals surface area contributed by atoms with Crippen molar-refractivity contribution in [3.63, 3.8) is 0 Å². The molecule has 1 aromatic carbocycles. The van der Waals surface area contributed by atoms with Crippen LogP contribution >= 0.6 is 19.2 Å². The van der Waals surface area contributed by atoms with E-state index in [1.807, 2.05) is 0 Å². The Morgan fingerprint density at radius 2 is 2.08 bits per heavy atom. The molecule has 1 amide bonds. The van der Waals surface area contributed by atoms with Gasteiger partial charge >= 0.3 is 13.7 Å². The quantitative estimate of drug-likeness (QED) is 0.611. The Bertz CT molecular complexity index is 706. The Kier molecular flexibility index (Phi) is 6.27. The van der Waals surface area contributed by atoms with Crippen molar-refractivity contribution in [1.82, 2.24) is 4.90 Å². The Morgan fingerprint density at radius 3 is 2.68 bits per heavy atom. The summed E-state index contributed by atoms with van der Waals surface area (Å²) in [6, 6.07) is 6.90. The summed E-state index contributed by atoms with van der Waals surface area (Å²) in [5.41, 5.74) is -0.673. The summed E-state index contributed by atoms with van der Waals surface area (Å²) in [6.07, 6.45) is 1.43. The van der Waals surface area contributed by atoms with Crippen LogP contribution in [0.25, 0.3) is 0 Å². The molecule has 0 bridgehead atoms. The molecule has 25 heavy (non-hydrogen) atoms. The number of ether oxygens (including phenoxy) is 1. The Morgan fingerprint density at radius 1 is 1.40 bits per heavy atom. The van der Waals surface area contributed by atoms with Gasteiger partial charge in [0.1, 0.15) is 5.54 Å². The average Bonchev–Trinajstić information content (AvgIpc) is 2.54. The molecule has 0 saturated heterocycles. The second-order valence-corrected chi connectivity index (χ2v) is 8.26. The van der Waals surface area contributed by atoms with Gasteiger partial charge < -0.3 is 9.63 Å². The van der Waals surface area contributed by atoms with Crippen molar-refractivity contribution in [2.45, 2.75) is 31.2 Å². The van der Waals surface area contributed by atoms with Crippen LogP contribution in [0.5, 0.6) is 0 Å². The molecule has 7 nitrogen and oxygen atoms in total. The number of hydrogen-bond acceptors (Lipinski definition) is 5. The number of hydrogen-bond donors (Lipinski definition) is 1. The molecule has 1 aromatic rings. The maximum atomic E-state index is 12.8. The lowest BCUT2D eigenvalue weighted by Gasteiger charge is -2.43. The number of ketones is 1. The zero-order valence-electron chi connectivity index (χ0n) is 14.1. The maximum absolute atomic E-state index is 12.8. The van der Waals surface area contributed by atoms with E-state index in [4.69, 9.17) is 21.2 Å². The predicted molar refractivity (Wildman–Crippen MR) is 92.6 cm³/mol. The first-order valence-corrected chi connectivity index (χ1v) is 10.2. The van der Waals surface area contributed by atoms with Crippen molar-refractivity contribution >= 4 is 31.1 Å². The fourth-order valence-corrected chi connectivity index (χ4v) is 3.60. The molecule has 138 valence electrons. The highest BCUT2D eigenvalue weighted by atomic mass is 35.5. The van der Waals surface area contributed by atoms with E-state index in [1.54, 1.807) is 24.3 Å². The van der Waals surface area contributed by atoms with E-state index in [9.17, 15) is 14.2 Å². The summed E-state index contributed by atoms with van der Waals surface area (Å²) in [5, 5.41) is 0.391. The molecular formula is C16H21ClNO6P. The van der Waals surface area contributed by atoms with E-state index in [0.29, 0.717) is 23.4 Å². The van der Waals surface area contributed by atoms with Crippen molar-refractivity contribution in [3.05, 3.63) is 34.9 Å². The SMILES string of the molecule is CN(C(=O)OCOP(C)(=O)O)C1(c2ccccc2Cl)CCCCC1=O. The van der Waals surface area contributed by atoms with Crippen LogP contribution in [0, 0.1) is 0 Å². The Labute approximate surface area is 151 Å². The number of likely N-dealkylation sites (N-methyl/N-ethyl adjacent to an activating group) is 1. The van der Waals surface area contributed by atoms with Gasteiger partial charge in [0.2, 0.25) is 6.79 Å². The number of halogens is 1. The molecule has 2 unspecified atom stereocenters. The van der Waals surface area contributed by atoms with Crippen LogP contribution in [-0.4, -0.2) is 42.2 Å². The summed E-state index contributed by atoms with van der Waals surface area (Å²) >= 11 is 6.30. The first-order chi connectivity index (χ1) is 11.7. The van der Waals surface area contributed by atoms with E-state index < -0.39 is 26.0 Å². The molecule has 1 N–H and O–H groups in total. The molecule has 0 radical (unpaired) electrons. The van der Waals surface area contributed by atoms with E-state index >= 15 is 0 Å². The van der Waals surface area contributed by atoms with Gasteiger partial charge in [-0.25, -0.2) is 4.79 Å². The standard InChI is InChI=1S/C16H21ClNO6P/c1-18(15(20)23-11-24-25(2,21)22)16(10-6-5-9-14(16)19)12-7-3-4-8-13(12)17/h3-4,7-8H,5-6,9-11H2,1-2H3,(H,21,22). The molecule has 0 aliphatic heterocycles. The Balaban J connectivity index is 2.30. The van der Waals surface area contributed by atoms with Gasteiger partial charge in [0.25, 0.3) is 0 Å². The van der Waals surface area contributed by atoms with Gasteiger partial charge in [-0.3, -0.25) is 18.8 Å². The van der Waals surface area contributed by atoms with Gasteiger partial charge in [-0.1, -0.05) is 29.8 Å². The minimum atomic E-state index is -3.76. The number of carbonyl (C=O) groups is 2. The molecule has 2 rings (SSSR count). The van der Waals surface area contributed by atoms with Gasteiger partial charge in [-0.2, -0.15) is 0 Å². The summed E-state index contributed by atoms with van der Waals surface area (Å²) in [7, 11) is -2.31. The van der Waals surface area contributed by atoms with Gasteiger partial charge in [-0.15, -0.1) is 0 Å². The first kappa shape index (κ1) is 19.9. The van der Waals surface area contributed by atoms with Crippen molar-refractivity contribution in [2.75, 3.05) is 20.5 Å². The largest absolute Gasteiger partial charge is 0.422 e. The number of carbonyl (C=O) groups excluding carboxylic acids is 2. The van der Waals surface area contributed by atoms with Crippen LogP contribution in [0.15, 0.2) is 24.3 Å².